The van der Waals surface area contributed by atoms with Crippen molar-refractivity contribution in [2.75, 3.05) is 20.2 Å². The van der Waals surface area contributed by atoms with E-state index >= 15 is 0 Å². The molecule has 2 aromatic carbocycles. The largest absolute Gasteiger partial charge is 0.497 e. The number of ether oxygens (including phenoxy) is 1. The van der Waals surface area contributed by atoms with Gasteiger partial charge < -0.3 is 10.1 Å². The number of nitrogens with zero attached hydrogens (tertiary/aromatic N) is 4. The molecule has 2 aliphatic heterocycles. The van der Waals surface area contributed by atoms with Crippen LogP contribution in [0.4, 0.5) is 4.39 Å². The molecule has 2 N–H and O–H groups in total. The molecule has 0 aromatic heterocycles. The first kappa shape index (κ1) is 20.2. The molecule has 0 atom stereocenters. The van der Waals surface area contributed by atoms with E-state index in [0.29, 0.717) is 13.1 Å². The summed E-state index contributed by atoms with van der Waals surface area (Å²) in [6, 6.07) is 14.7. The van der Waals surface area contributed by atoms with Crippen molar-refractivity contribution in [2.24, 2.45) is 15.3 Å². The molecule has 2 heterocycles. The van der Waals surface area contributed by atoms with Crippen molar-refractivity contribution in [2.45, 2.75) is 25.8 Å². The van der Waals surface area contributed by atoms with Gasteiger partial charge in [0.05, 0.1) is 25.9 Å². The summed E-state index contributed by atoms with van der Waals surface area (Å²) < 4.78 is 18.5. The lowest BCUT2D eigenvalue weighted by atomic mass is 10.0. The van der Waals surface area contributed by atoms with E-state index in [9.17, 15) is 4.39 Å². The first-order valence-electron chi connectivity index (χ1n) is 10.8. The lowest BCUT2D eigenvalue weighted by Crippen LogP contribution is -2.38. The topological polar surface area (TPSA) is 73.6 Å². The monoisotopic (exact) mass is 432 g/mol. The van der Waals surface area contributed by atoms with Crippen molar-refractivity contribution in [3.8, 4) is 5.75 Å². The van der Waals surface area contributed by atoms with E-state index in [-0.39, 0.29) is 5.82 Å². The molecule has 0 spiro atoms. The molecule has 0 fully saturated rings. The fourth-order valence-electron chi connectivity index (χ4n) is 4.23. The van der Waals surface area contributed by atoms with Crippen LogP contribution in [0.2, 0.25) is 0 Å². The molecule has 2 aromatic rings. The summed E-state index contributed by atoms with van der Waals surface area (Å²) in [5.74, 6) is 1.34. The summed E-state index contributed by atoms with van der Waals surface area (Å²) in [5.41, 5.74) is 9.33. The summed E-state index contributed by atoms with van der Waals surface area (Å²) in [6.07, 6.45) is 2.63. The number of hydrogen-bond acceptors (Lipinski definition) is 7. The van der Waals surface area contributed by atoms with Crippen LogP contribution in [0.3, 0.4) is 0 Å². The zero-order valence-electron chi connectivity index (χ0n) is 17.9. The molecule has 0 bridgehead atoms. The number of methoxy groups -OCH3 is 1. The highest BCUT2D eigenvalue weighted by Gasteiger charge is 2.33. The molecular weight excluding hydrogens is 407 g/mol. The predicted molar refractivity (Wildman–Crippen MR) is 123 cm³/mol. The maximum Gasteiger partial charge on any atom is 0.174 e. The van der Waals surface area contributed by atoms with Gasteiger partial charge >= 0.3 is 0 Å². The van der Waals surface area contributed by atoms with Crippen LogP contribution in [0.25, 0.3) is 0 Å². The Morgan fingerprint density at radius 2 is 1.81 bits per heavy atom. The summed E-state index contributed by atoms with van der Waals surface area (Å²) in [4.78, 5) is 0. The lowest BCUT2D eigenvalue weighted by molar-refractivity contribution is 0.302. The SMILES string of the molecule is COc1ccc(CN2CC3=C4C(=NNN=C4C(NCCc4ccc(F)cc4)=N2)CC3)cc1. The number of benzene rings is 2. The first-order valence-corrected chi connectivity index (χ1v) is 10.8. The normalized spacial score (nSPS) is 17.1. The van der Waals surface area contributed by atoms with Gasteiger partial charge in [0.2, 0.25) is 0 Å². The lowest BCUT2D eigenvalue weighted by Gasteiger charge is -2.20. The summed E-state index contributed by atoms with van der Waals surface area (Å²) in [5, 5.41) is 19.3. The molecule has 0 saturated heterocycles. The Morgan fingerprint density at radius 3 is 2.59 bits per heavy atom. The van der Waals surface area contributed by atoms with E-state index in [0.717, 1.165) is 65.5 Å². The fourth-order valence-corrected chi connectivity index (χ4v) is 4.23. The Balaban J connectivity index is 1.37. The van der Waals surface area contributed by atoms with Crippen LogP contribution in [-0.4, -0.2) is 42.5 Å². The van der Waals surface area contributed by atoms with E-state index in [1.165, 1.54) is 17.7 Å². The quantitative estimate of drug-likeness (QED) is 0.735. The molecule has 0 radical (unpaired) electrons. The number of hydrogen-bond donors (Lipinski definition) is 2. The van der Waals surface area contributed by atoms with Gasteiger partial charge in [-0.1, -0.05) is 24.3 Å². The average molecular weight is 433 g/mol. The van der Waals surface area contributed by atoms with Gasteiger partial charge in [0, 0.05) is 12.1 Å². The molecule has 5 rings (SSSR count). The van der Waals surface area contributed by atoms with Gasteiger partial charge in [0.25, 0.3) is 0 Å². The van der Waals surface area contributed by atoms with Crippen LogP contribution in [0.15, 0.2) is 75.0 Å². The van der Waals surface area contributed by atoms with Crippen LogP contribution >= 0.6 is 0 Å². The Kier molecular flexibility index (Phi) is 5.58. The Labute approximate surface area is 186 Å². The predicted octanol–water partition coefficient (Wildman–Crippen LogP) is 3.20. The van der Waals surface area contributed by atoms with Gasteiger partial charge in [0.15, 0.2) is 5.84 Å². The number of hydrazone groups is 3. The van der Waals surface area contributed by atoms with Crippen LogP contribution in [0.1, 0.15) is 24.0 Å². The van der Waals surface area contributed by atoms with Crippen molar-refractivity contribution in [3.05, 3.63) is 76.6 Å². The molecule has 0 amide bonds. The first-order chi connectivity index (χ1) is 15.7. The number of halogens is 1. The molecular formula is C24H25FN6O. The maximum atomic E-state index is 13.2. The maximum absolute atomic E-state index is 13.2. The highest BCUT2D eigenvalue weighted by atomic mass is 19.1. The summed E-state index contributed by atoms with van der Waals surface area (Å²) >= 11 is 0. The average Bonchev–Trinajstić information content (AvgIpc) is 3.16. The third-order valence-electron chi connectivity index (χ3n) is 5.87. The van der Waals surface area contributed by atoms with E-state index in [1.54, 1.807) is 7.11 Å². The Bertz CT molecular complexity index is 1120. The third-order valence-corrected chi connectivity index (χ3v) is 5.87. The summed E-state index contributed by atoms with van der Waals surface area (Å²) in [6.45, 7) is 2.08. The molecule has 32 heavy (non-hydrogen) atoms. The zero-order chi connectivity index (χ0) is 21.9. The van der Waals surface area contributed by atoms with Crippen LogP contribution in [0.5, 0.6) is 5.75 Å². The van der Waals surface area contributed by atoms with Crippen molar-refractivity contribution in [3.63, 3.8) is 0 Å². The van der Waals surface area contributed by atoms with E-state index < -0.39 is 0 Å². The van der Waals surface area contributed by atoms with Crippen molar-refractivity contribution < 1.29 is 9.13 Å². The molecule has 0 saturated carbocycles. The molecule has 164 valence electrons. The minimum absolute atomic E-state index is 0.223. The molecule has 3 aliphatic rings. The fraction of sp³-hybridized carbons (Fsp3) is 0.292. The zero-order valence-corrected chi connectivity index (χ0v) is 17.9. The third kappa shape index (κ3) is 4.21. The molecule has 0 unspecified atom stereocenters. The second kappa shape index (κ2) is 8.82. The van der Waals surface area contributed by atoms with Crippen molar-refractivity contribution in [1.82, 2.24) is 15.9 Å². The Hall–Kier alpha value is -3.68. The van der Waals surface area contributed by atoms with E-state index in [1.807, 2.05) is 24.3 Å². The summed E-state index contributed by atoms with van der Waals surface area (Å²) in [7, 11) is 1.67. The van der Waals surface area contributed by atoms with Crippen LogP contribution < -0.4 is 15.6 Å². The van der Waals surface area contributed by atoms with Gasteiger partial charge in [0.1, 0.15) is 17.3 Å². The van der Waals surface area contributed by atoms with Crippen molar-refractivity contribution in [1.29, 1.82) is 0 Å². The van der Waals surface area contributed by atoms with E-state index in [2.05, 4.69) is 38.2 Å². The van der Waals surface area contributed by atoms with Crippen LogP contribution in [0, 0.1) is 5.82 Å². The van der Waals surface area contributed by atoms with Gasteiger partial charge in [-0.05, 0) is 60.2 Å². The smallest absolute Gasteiger partial charge is 0.174 e. The minimum atomic E-state index is -0.223. The number of amidine groups is 1. The molecule has 8 heteroatoms. The highest BCUT2D eigenvalue weighted by molar-refractivity contribution is 6.54. The Morgan fingerprint density at radius 1 is 1.03 bits per heavy atom. The van der Waals surface area contributed by atoms with E-state index in [4.69, 9.17) is 9.84 Å². The van der Waals surface area contributed by atoms with Gasteiger partial charge in [-0.25, -0.2) is 4.39 Å². The van der Waals surface area contributed by atoms with Gasteiger partial charge in [-0.15, -0.1) is 0 Å². The second-order valence-corrected chi connectivity index (χ2v) is 8.02. The second-order valence-electron chi connectivity index (χ2n) is 8.02. The number of nitrogens with one attached hydrogen (secondary N) is 2. The number of rotatable bonds is 6. The highest BCUT2D eigenvalue weighted by Crippen LogP contribution is 2.30. The molecule has 7 nitrogen and oxygen atoms in total. The molecule has 1 aliphatic carbocycles. The van der Waals surface area contributed by atoms with Crippen molar-refractivity contribution >= 4 is 17.3 Å². The minimum Gasteiger partial charge on any atom is -0.497 e. The van der Waals surface area contributed by atoms with Gasteiger partial charge in [-0.2, -0.15) is 20.8 Å². The van der Waals surface area contributed by atoms with Gasteiger partial charge in [-0.3, -0.25) is 5.01 Å². The van der Waals surface area contributed by atoms with Crippen LogP contribution in [-0.2, 0) is 13.0 Å². The standard InChI is InChI=1S/C24H25FN6O/c1-32-20-9-4-17(5-10-20)14-31-15-18-6-11-21-22(18)23(28-30-27-21)24(29-31)26-13-12-16-2-7-19(25)8-3-16/h2-5,7-10,30H,6,11-15H2,1H3,(H,26,29).